The Hall–Kier alpha value is -3.62. The highest BCUT2D eigenvalue weighted by molar-refractivity contribution is 8.18. The van der Waals surface area contributed by atoms with E-state index in [-0.39, 0.29) is 18.4 Å². The van der Waals surface area contributed by atoms with Crippen LogP contribution in [-0.4, -0.2) is 42.9 Å². The molecule has 0 aromatic heterocycles. The summed E-state index contributed by atoms with van der Waals surface area (Å²) in [4.78, 5) is 27.0. The minimum absolute atomic E-state index is 0.108. The van der Waals surface area contributed by atoms with E-state index in [0.29, 0.717) is 51.7 Å². The van der Waals surface area contributed by atoms with E-state index in [2.05, 4.69) is 0 Å². The molecule has 0 atom stereocenters. The summed E-state index contributed by atoms with van der Waals surface area (Å²) in [6, 6.07) is 18.7. The Labute approximate surface area is 231 Å². The Kier molecular flexibility index (Phi) is 9.20. The van der Waals surface area contributed by atoms with Crippen LogP contribution in [0.15, 0.2) is 65.6 Å². The number of nitrogens with zero attached hydrogens (tertiary/aromatic N) is 1. The number of halogens is 1. The summed E-state index contributed by atoms with van der Waals surface area (Å²) in [7, 11) is 1.55. The highest BCUT2D eigenvalue weighted by Gasteiger charge is 2.35. The van der Waals surface area contributed by atoms with Crippen molar-refractivity contribution < 1.29 is 28.5 Å². The summed E-state index contributed by atoms with van der Waals surface area (Å²) in [5.41, 5.74) is 2.79. The van der Waals surface area contributed by atoms with Gasteiger partial charge in [0.05, 0.1) is 30.2 Å². The number of rotatable bonds is 11. The van der Waals surface area contributed by atoms with E-state index < -0.39 is 5.91 Å². The number of benzene rings is 3. The van der Waals surface area contributed by atoms with Crippen molar-refractivity contribution in [2.24, 2.45) is 0 Å². The second kappa shape index (κ2) is 12.8. The van der Waals surface area contributed by atoms with E-state index in [1.54, 1.807) is 37.5 Å². The summed E-state index contributed by atoms with van der Waals surface area (Å²) in [5, 5.41) is -0.0159. The molecule has 38 heavy (non-hydrogen) atoms. The lowest BCUT2D eigenvalue weighted by Crippen LogP contribution is -2.32. The minimum Gasteiger partial charge on any atom is -0.493 e. The number of imide groups is 1. The van der Waals surface area contributed by atoms with Gasteiger partial charge >= 0.3 is 0 Å². The number of aryl methyl sites for hydroxylation is 1. The van der Waals surface area contributed by atoms with E-state index in [9.17, 15) is 9.59 Å². The molecule has 0 bridgehead atoms. The zero-order valence-electron chi connectivity index (χ0n) is 21.4. The number of carbonyl (C=O) groups is 2. The van der Waals surface area contributed by atoms with Crippen LogP contribution in [-0.2, 0) is 11.4 Å². The molecule has 0 unspecified atom stereocenters. The van der Waals surface area contributed by atoms with Gasteiger partial charge in [0.25, 0.3) is 11.1 Å². The summed E-state index contributed by atoms with van der Waals surface area (Å²) in [6.45, 7) is 4.87. The van der Waals surface area contributed by atoms with Crippen molar-refractivity contribution in [2.45, 2.75) is 20.5 Å². The molecule has 1 aliphatic rings. The lowest BCUT2D eigenvalue weighted by molar-refractivity contribution is -0.123. The molecule has 0 N–H and O–H groups in total. The summed E-state index contributed by atoms with van der Waals surface area (Å²) in [6.07, 6.45) is 1.63. The molecule has 0 aliphatic carbocycles. The van der Waals surface area contributed by atoms with E-state index in [1.807, 2.05) is 50.2 Å². The van der Waals surface area contributed by atoms with Crippen molar-refractivity contribution >= 4 is 40.6 Å². The molecule has 0 radical (unpaired) electrons. The Bertz CT molecular complexity index is 1340. The fourth-order valence-electron chi connectivity index (χ4n) is 3.74. The maximum absolute atomic E-state index is 13.0. The normalized spacial score (nSPS) is 14.2. The molecule has 3 aromatic carbocycles. The van der Waals surface area contributed by atoms with Gasteiger partial charge in [0.15, 0.2) is 23.0 Å². The molecular formula is C29H28ClNO6S. The molecule has 7 nitrogen and oxygen atoms in total. The molecular weight excluding hydrogens is 526 g/mol. The summed E-state index contributed by atoms with van der Waals surface area (Å²) < 4.78 is 22.8. The van der Waals surface area contributed by atoms with Gasteiger partial charge in [-0.05, 0) is 67.1 Å². The van der Waals surface area contributed by atoms with Crippen molar-refractivity contribution in [1.82, 2.24) is 4.90 Å². The van der Waals surface area contributed by atoms with Crippen LogP contribution in [0.4, 0.5) is 4.79 Å². The largest absolute Gasteiger partial charge is 0.493 e. The monoisotopic (exact) mass is 553 g/mol. The second-order valence-corrected chi connectivity index (χ2v) is 9.77. The van der Waals surface area contributed by atoms with E-state index >= 15 is 0 Å². The molecule has 9 heteroatoms. The molecule has 198 valence electrons. The van der Waals surface area contributed by atoms with Crippen LogP contribution in [0.1, 0.15) is 23.6 Å². The quantitative estimate of drug-likeness (QED) is 0.243. The second-order valence-electron chi connectivity index (χ2n) is 8.37. The maximum Gasteiger partial charge on any atom is 0.293 e. The van der Waals surface area contributed by atoms with Gasteiger partial charge in [-0.25, -0.2) is 0 Å². The molecule has 3 aromatic rings. The molecule has 2 amide bonds. The molecule has 1 aliphatic heterocycles. The summed E-state index contributed by atoms with van der Waals surface area (Å²) >= 11 is 7.43. The highest BCUT2D eigenvalue weighted by Crippen LogP contribution is 2.39. The first-order valence-electron chi connectivity index (χ1n) is 12.1. The average molecular weight is 554 g/mol. The van der Waals surface area contributed by atoms with Crippen molar-refractivity contribution in [1.29, 1.82) is 0 Å². The van der Waals surface area contributed by atoms with Crippen LogP contribution >= 0.6 is 23.4 Å². The van der Waals surface area contributed by atoms with Crippen molar-refractivity contribution in [2.75, 3.05) is 26.9 Å². The van der Waals surface area contributed by atoms with E-state index in [4.69, 9.17) is 30.5 Å². The van der Waals surface area contributed by atoms with Crippen LogP contribution in [0.25, 0.3) is 6.08 Å². The Morgan fingerprint density at radius 2 is 1.68 bits per heavy atom. The molecule has 1 saturated heterocycles. The number of hydrogen-bond donors (Lipinski definition) is 0. The molecule has 4 rings (SSSR count). The zero-order valence-corrected chi connectivity index (χ0v) is 22.9. The third kappa shape index (κ3) is 6.62. The van der Waals surface area contributed by atoms with Crippen molar-refractivity contribution in [3.05, 3.63) is 87.3 Å². The van der Waals surface area contributed by atoms with Crippen LogP contribution in [0, 0.1) is 6.92 Å². The number of hydrogen-bond acceptors (Lipinski definition) is 7. The molecule has 0 saturated carbocycles. The number of thioether (sulfide) groups is 1. The van der Waals surface area contributed by atoms with Gasteiger partial charge in [-0.1, -0.05) is 53.6 Å². The van der Waals surface area contributed by atoms with Gasteiger partial charge in [-0.2, -0.15) is 0 Å². The number of methoxy groups -OCH3 is 1. The van der Waals surface area contributed by atoms with Crippen molar-refractivity contribution in [3.63, 3.8) is 0 Å². The lowest BCUT2D eigenvalue weighted by Gasteiger charge is -2.15. The third-order valence-electron chi connectivity index (χ3n) is 5.65. The third-order valence-corrected chi connectivity index (χ3v) is 6.84. The standard InChI is InChI=1S/C29H28ClNO6S/c1-4-35-25-16-21(15-22(30)27(25)37-18-20-11-9-19(2)10-12-20)17-26-28(32)31(29(33)38-26)13-14-36-24-8-6-5-7-23(24)34-3/h5-12,15-17H,4,13-14,18H2,1-3H3/b26-17-. The van der Waals surface area contributed by atoms with Gasteiger partial charge in [-0.3, -0.25) is 14.5 Å². The Balaban J connectivity index is 1.45. The van der Waals surface area contributed by atoms with E-state index in [1.165, 1.54) is 5.56 Å². The Morgan fingerprint density at radius 3 is 2.39 bits per heavy atom. The fourth-order valence-corrected chi connectivity index (χ4v) is 4.88. The first-order chi connectivity index (χ1) is 18.4. The average Bonchev–Trinajstić information content (AvgIpc) is 3.17. The molecule has 0 spiro atoms. The number of amides is 2. The predicted molar refractivity (Wildman–Crippen MR) is 149 cm³/mol. The summed E-state index contributed by atoms with van der Waals surface area (Å²) in [5.74, 6) is 1.61. The first kappa shape index (κ1) is 27.4. The highest BCUT2D eigenvalue weighted by atomic mass is 35.5. The smallest absolute Gasteiger partial charge is 0.293 e. The number of carbonyl (C=O) groups excluding carboxylic acids is 2. The van der Waals surface area contributed by atoms with Gasteiger partial charge in [-0.15, -0.1) is 0 Å². The fraction of sp³-hybridized carbons (Fsp3) is 0.241. The maximum atomic E-state index is 13.0. The van der Waals surface area contributed by atoms with Crippen molar-refractivity contribution in [3.8, 4) is 23.0 Å². The molecule has 1 heterocycles. The van der Waals surface area contributed by atoms with E-state index in [0.717, 1.165) is 22.2 Å². The lowest BCUT2D eigenvalue weighted by atomic mass is 10.1. The molecule has 1 fully saturated rings. The van der Waals surface area contributed by atoms with Gasteiger partial charge in [0.2, 0.25) is 0 Å². The number of para-hydroxylation sites is 2. The van der Waals surface area contributed by atoms with Crippen LogP contribution in [0.2, 0.25) is 5.02 Å². The van der Waals surface area contributed by atoms with Gasteiger partial charge in [0, 0.05) is 0 Å². The SMILES string of the molecule is CCOc1cc(/C=C2\SC(=O)N(CCOc3ccccc3OC)C2=O)cc(Cl)c1OCc1ccc(C)cc1. The predicted octanol–water partition coefficient (Wildman–Crippen LogP) is 6.75. The van der Waals surface area contributed by atoms with Crippen LogP contribution in [0.3, 0.4) is 0 Å². The van der Waals surface area contributed by atoms with Crippen LogP contribution in [0.5, 0.6) is 23.0 Å². The topological polar surface area (TPSA) is 74.3 Å². The van der Waals surface area contributed by atoms with Crippen LogP contribution < -0.4 is 18.9 Å². The first-order valence-corrected chi connectivity index (χ1v) is 13.2. The van der Waals surface area contributed by atoms with Gasteiger partial charge < -0.3 is 18.9 Å². The van der Waals surface area contributed by atoms with Gasteiger partial charge in [0.1, 0.15) is 13.2 Å². The zero-order chi connectivity index (χ0) is 27.1. The Morgan fingerprint density at radius 1 is 0.947 bits per heavy atom. The minimum atomic E-state index is -0.391. The number of ether oxygens (including phenoxy) is 4.